The third kappa shape index (κ3) is 2.91. The van der Waals surface area contributed by atoms with Crippen molar-refractivity contribution in [1.82, 2.24) is 4.90 Å². The first-order valence-corrected chi connectivity index (χ1v) is 8.07. The molecule has 0 spiro atoms. The normalized spacial score (nSPS) is 37.2. The maximum Gasteiger partial charge on any atom is 0.0357 e. The summed E-state index contributed by atoms with van der Waals surface area (Å²) in [6.07, 6.45) is 8.21. The van der Waals surface area contributed by atoms with Gasteiger partial charge in [-0.15, -0.1) is 0 Å². The lowest BCUT2D eigenvalue weighted by Gasteiger charge is -2.51. The molecule has 0 bridgehead atoms. The van der Waals surface area contributed by atoms with Gasteiger partial charge in [0.25, 0.3) is 0 Å². The average Bonchev–Trinajstić information content (AvgIpc) is 3.14. The third-order valence-corrected chi connectivity index (χ3v) is 5.40. The largest absolute Gasteiger partial charge is 0.329 e. The highest BCUT2D eigenvalue weighted by atomic mass is 15.2. The minimum atomic E-state index is 0.311. The van der Waals surface area contributed by atoms with E-state index in [9.17, 15) is 0 Å². The van der Waals surface area contributed by atoms with E-state index in [0.717, 1.165) is 24.3 Å². The smallest absolute Gasteiger partial charge is 0.0357 e. The zero-order chi connectivity index (χ0) is 13.2. The Bertz CT molecular complexity index is 262. The van der Waals surface area contributed by atoms with Crippen molar-refractivity contribution < 1.29 is 0 Å². The van der Waals surface area contributed by atoms with Crippen LogP contribution in [0, 0.1) is 17.8 Å². The van der Waals surface area contributed by atoms with Crippen LogP contribution in [0.5, 0.6) is 0 Å². The Morgan fingerprint density at radius 3 is 2.44 bits per heavy atom. The van der Waals surface area contributed by atoms with Crippen LogP contribution in [0.3, 0.4) is 0 Å². The van der Waals surface area contributed by atoms with Crippen molar-refractivity contribution in [3.05, 3.63) is 0 Å². The molecule has 2 N–H and O–H groups in total. The molecule has 106 valence electrons. The minimum Gasteiger partial charge on any atom is -0.329 e. The van der Waals surface area contributed by atoms with Gasteiger partial charge in [0, 0.05) is 18.6 Å². The average molecular weight is 252 g/mol. The monoisotopic (exact) mass is 252 g/mol. The first kappa shape index (κ1) is 14.3. The highest BCUT2D eigenvalue weighted by Gasteiger charge is 2.44. The van der Waals surface area contributed by atoms with E-state index in [1.165, 1.54) is 51.6 Å². The summed E-state index contributed by atoms with van der Waals surface area (Å²) in [5.41, 5.74) is 6.57. The molecule has 0 aromatic heterocycles. The summed E-state index contributed by atoms with van der Waals surface area (Å²) in [6.45, 7) is 10.6. The van der Waals surface area contributed by atoms with Crippen LogP contribution < -0.4 is 5.73 Å². The molecule has 3 unspecified atom stereocenters. The van der Waals surface area contributed by atoms with Gasteiger partial charge in [-0.25, -0.2) is 0 Å². The molecule has 0 radical (unpaired) electrons. The van der Waals surface area contributed by atoms with Crippen LogP contribution in [0.15, 0.2) is 0 Å². The van der Waals surface area contributed by atoms with Gasteiger partial charge in [-0.1, -0.05) is 20.8 Å². The molecule has 0 aromatic rings. The van der Waals surface area contributed by atoms with E-state index in [1.54, 1.807) is 0 Å². The van der Waals surface area contributed by atoms with E-state index in [-0.39, 0.29) is 0 Å². The van der Waals surface area contributed by atoms with Crippen molar-refractivity contribution in [2.24, 2.45) is 23.5 Å². The molecule has 0 amide bonds. The van der Waals surface area contributed by atoms with Crippen molar-refractivity contribution in [2.75, 3.05) is 19.6 Å². The lowest BCUT2D eigenvalue weighted by atomic mass is 9.68. The molecule has 2 rings (SSSR count). The molecule has 2 aliphatic rings. The van der Waals surface area contributed by atoms with Gasteiger partial charge < -0.3 is 5.73 Å². The Balaban J connectivity index is 2.10. The molecule has 3 atom stereocenters. The van der Waals surface area contributed by atoms with Crippen LogP contribution >= 0.6 is 0 Å². The summed E-state index contributed by atoms with van der Waals surface area (Å²) in [5, 5.41) is 0. The predicted octanol–water partition coefficient (Wildman–Crippen LogP) is 3.26. The second-order valence-electron chi connectivity index (χ2n) is 6.98. The predicted molar refractivity (Wildman–Crippen MR) is 78.6 cm³/mol. The first-order valence-electron chi connectivity index (χ1n) is 8.07. The molecule has 2 heteroatoms. The Morgan fingerprint density at radius 2 is 1.94 bits per heavy atom. The van der Waals surface area contributed by atoms with Crippen molar-refractivity contribution in [3.8, 4) is 0 Å². The van der Waals surface area contributed by atoms with Gasteiger partial charge in [-0.05, 0) is 62.8 Å². The SMILES string of the molecule is CCCN(CC1CC1)C1(CN)CCC(C)CC1C. The summed E-state index contributed by atoms with van der Waals surface area (Å²) < 4.78 is 0. The molecule has 2 fully saturated rings. The van der Waals surface area contributed by atoms with Crippen LogP contribution in [-0.4, -0.2) is 30.1 Å². The zero-order valence-electron chi connectivity index (χ0n) is 12.6. The second-order valence-corrected chi connectivity index (χ2v) is 6.98. The first-order chi connectivity index (χ1) is 8.62. The Labute approximate surface area is 113 Å². The van der Waals surface area contributed by atoms with E-state index >= 15 is 0 Å². The van der Waals surface area contributed by atoms with Gasteiger partial charge in [-0.2, -0.15) is 0 Å². The van der Waals surface area contributed by atoms with Gasteiger partial charge in [0.1, 0.15) is 0 Å². The number of nitrogens with two attached hydrogens (primary N) is 1. The topological polar surface area (TPSA) is 29.3 Å². The van der Waals surface area contributed by atoms with E-state index in [4.69, 9.17) is 5.73 Å². The van der Waals surface area contributed by atoms with Crippen molar-refractivity contribution in [1.29, 1.82) is 0 Å². The second kappa shape index (κ2) is 5.92. The molecule has 18 heavy (non-hydrogen) atoms. The van der Waals surface area contributed by atoms with Crippen molar-refractivity contribution in [3.63, 3.8) is 0 Å². The Kier molecular flexibility index (Phi) is 4.71. The Hall–Kier alpha value is -0.0800. The Morgan fingerprint density at radius 1 is 1.22 bits per heavy atom. The van der Waals surface area contributed by atoms with E-state index in [2.05, 4.69) is 25.7 Å². The van der Waals surface area contributed by atoms with Gasteiger partial charge in [0.15, 0.2) is 0 Å². The number of hydrogen-bond donors (Lipinski definition) is 1. The molecule has 2 saturated carbocycles. The van der Waals surface area contributed by atoms with Gasteiger partial charge >= 0.3 is 0 Å². The van der Waals surface area contributed by atoms with Crippen molar-refractivity contribution in [2.45, 2.75) is 64.8 Å². The third-order valence-electron chi connectivity index (χ3n) is 5.40. The van der Waals surface area contributed by atoms with Crippen LogP contribution in [0.4, 0.5) is 0 Å². The fourth-order valence-electron chi connectivity index (χ4n) is 3.96. The summed E-state index contributed by atoms with van der Waals surface area (Å²) in [4.78, 5) is 2.78. The van der Waals surface area contributed by atoms with Crippen LogP contribution in [0.25, 0.3) is 0 Å². The van der Waals surface area contributed by atoms with Crippen LogP contribution in [-0.2, 0) is 0 Å². The lowest BCUT2D eigenvalue weighted by Crippen LogP contribution is -2.60. The molecular weight excluding hydrogens is 220 g/mol. The molecule has 2 nitrogen and oxygen atoms in total. The van der Waals surface area contributed by atoms with Crippen LogP contribution in [0.2, 0.25) is 0 Å². The minimum absolute atomic E-state index is 0.311. The summed E-state index contributed by atoms with van der Waals surface area (Å²) in [7, 11) is 0. The summed E-state index contributed by atoms with van der Waals surface area (Å²) >= 11 is 0. The summed E-state index contributed by atoms with van der Waals surface area (Å²) in [6, 6.07) is 0. The number of rotatable bonds is 6. The molecule has 0 aromatic carbocycles. The maximum absolute atomic E-state index is 6.26. The van der Waals surface area contributed by atoms with Gasteiger partial charge in [-0.3, -0.25) is 4.90 Å². The highest BCUT2D eigenvalue weighted by Crippen LogP contribution is 2.42. The molecule has 0 saturated heterocycles. The maximum atomic E-state index is 6.26. The number of hydrogen-bond acceptors (Lipinski definition) is 2. The van der Waals surface area contributed by atoms with E-state index < -0.39 is 0 Å². The van der Waals surface area contributed by atoms with Gasteiger partial charge in [0.2, 0.25) is 0 Å². The number of nitrogens with zero attached hydrogens (tertiary/aromatic N) is 1. The molecule has 0 aliphatic heterocycles. The van der Waals surface area contributed by atoms with Crippen LogP contribution in [0.1, 0.15) is 59.3 Å². The molecule has 0 heterocycles. The van der Waals surface area contributed by atoms with E-state index in [1.807, 2.05) is 0 Å². The molecule has 2 aliphatic carbocycles. The highest BCUT2D eigenvalue weighted by molar-refractivity contribution is 5.00. The fraction of sp³-hybridized carbons (Fsp3) is 1.00. The van der Waals surface area contributed by atoms with Gasteiger partial charge in [0.05, 0.1) is 0 Å². The standard InChI is InChI=1S/C16H32N2/c1-4-9-18(11-15-5-6-15)16(12-17)8-7-13(2)10-14(16)3/h13-15H,4-12,17H2,1-3H3. The molecular formula is C16H32N2. The van der Waals surface area contributed by atoms with Crippen molar-refractivity contribution >= 4 is 0 Å². The lowest BCUT2D eigenvalue weighted by molar-refractivity contribution is -0.00349. The summed E-state index contributed by atoms with van der Waals surface area (Å²) in [5.74, 6) is 2.63. The van der Waals surface area contributed by atoms with E-state index in [0.29, 0.717) is 5.54 Å². The zero-order valence-corrected chi connectivity index (χ0v) is 12.6. The quantitative estimate of drug-likeness (QED) is 0.786. The fourth-order valence-corrected chi connectivity index (χ4v) is 3.96.